The molecule has 0 spiro atoms. The third kappa shape index (κ3) is 4.79. The summed E-state index contributed by atoms with van der Waals surface area (Å²) in [4.78, 5) is 12.9. The standard InChI is InChI=1S/C19H16Cl3N3OS/c1-10-3-4-14(5-11(10)2)24-19(26)25-23-8-12-9-27-18-15(17(12)22)6-13(20)7-16(18)21/h3-8H,9H2,1-2H3,(H2,24,25,26)/b23-8+. The van der Waals surface area contributed by atoms with Crippen LogP contribution in [-0.4, -0.2) is 18.0 Å². The number of halogens is 3. The summed E-state index contributed by atoms with van der Waals surface area (Å²) in [6, 6.07) is 8.72. The first kappa shape index (κ1) is 20.1. The van der Waals surface area contributed by atoms with Gasteiger partial charge in [0.25, 0.3) is 0 Å². The van der Waals surface area contributed by atoms with E-state index in [0.717, 1.165) is 27.2 Å². The van der Waals surface area contributed by atoms with Crippen LogP contribution >= 0.6 is 46.6 Å². The number of aryl methyl sites for hydroxylation is 2. The highest BCUT2D eigenvalue weighted by Gasteiger charge is 2.20. The molecular weight excluding hydrogens is 425 g/mol. The van der Waals surface area contributed by atoms with Crippen LogP contribution in [0.2, 0.25) is 10.0 Å². The van der Waals surface area contributed by atoms with Crippen LogP contribution in [0, 0.1) is 13.8 Å². The molecule has 2 aromatic carbocycles. The minimum absolute atomic E-state index is 0.429. The minimum Gasteiger partial charge on any atom is -0.307 e. The minimum atomic E-state index is -0.429. The van der Waals surface area contributed by atoms with Crippen molar-refractivity contribution < 1.29 is 4.79 Å². The number of anilines is 1. The van der Waals surface area contributed by atoms with Gasteiger partial charge in [0.15, 0.2) is 0 Å². The third-order valence-electron chi connectivity index (χ3n) is 4.05. The zero-order valence-corrected chi connectivity index (χ0v) is 17.7. The number of rotatable bonds is 3. The van der Waals surface area contributed by atoms with Crippen molar-refractivity contribution in [2.45, 2.75) is 18.7 Å². The SMILES string of the molecule is Cc1ccc(NC(=O)N/N=C/C2=C(Cl)c3cc(Cl)cc(Cl)c3SC2)cc1C. The van der Waals surface area contributed by atoms with Crippen molar-refractivity contribution >= 4 is 69.5 Å². The number of carbonyl (C=O) groups is 1. The summed E-state index contributed by atoms with van der Waals surface area (Å²) < 4.78 is 0. The fourth-order valence-corrected chi connectivity index (χ4v) is 4.59. The van der Waals surface area contributed by atoms with Crippen molar-refractivity contribution in [2.24, 2.45) is 5.10 Å². The third-order valence-corrected chi connectivity index (χ3v) is 6.31. The second-order valence-corrected chi connectivity index (χ2v) is 8.22. The first-order valence-corrected chi connectivity index (χ1v) is 10.2. The number of amides is 2. The van der Waals surface area contributed by atoms with Crippen LogP contribution in [0.4, 0.5) is 10.5 Å². The van der Waals surface area contributed by atoms with E-state index in [9.17, 15) is 4.79 Å². The molecule has 3 rings (SSSR count). The Morgan fingerprint density at radius 3 is 2.67 bits per heavy atom. The first-order valence-electron chi connectivity index (χ1n) is 8.03. The van der Waals surface area contributed by atoms with Gasteiger partial charge in [-0.3, -0.25) is 0 Å². The van der Waals surface area contributed by atoms with E-state index in [1.807, 2.05) is 32.0 Å². The molecule has 1 aliphatic heterocycles. The van der Waals surface area contributed by atoms with Gasteiger partial charge in [0.05, 0.1) is 16.3 Å². The average Bonchev–Trinajstić information content (AvgIpc) is 2.60. The summed E-state index contributed by atoms with van der Waals surface area (Å²) in [6.45, 7) is 4.00. The van der Waals surface area contributed by atoms with Gasteiger partial charge in [-0.1, -0.05) is 40.9 Å². The molecule has 2 amide bonds. The molecule has 0 radical (unpaired) electrons. The van der Waals surface area contributed by atoms with Crippen LogP contribution in [0.1, 0.15) is 16.7 Å². The Morgan fingerprint density at radius 1 is 1.15 bits per heavy atom. The number of urea groups is 1. The van der Waals surface area contributed by atoms with E-state index in [-0.39, 0.29) is 0 Å². The molecule has 1 aliphatic rings. The molecule has 8 heteroatoms. The lowest BCUT2D eigenvalue weighted by Gasteiger charge is -2.18. The van der Waals surface area contributed by atoms with Gasteiger partial charge in [0.2, 0.25) is 0 Å². The topological polar surface area (TPSA) is 53.5 Å². The van der Waals surface area contributed by atoms with E-state index in [1.54, 1.807) is 23.9 Å². The highest BCUT2D eigenvalue weighted by atomic mass is 35.5. The van der Waals surface area contributed by atoms with Gasteiger partial charge in [0, 0.05) is 32.5 Å². The summed E-state index contributed by atoms with van der Waals surface area (Å²) in [5.74, 6) is 0.594. The number of thioether (sulfide) groups is 1. The maximum Gasteiger partial charge on any atom is 0.339 e. The van der Waals surface area contributed by atoms with Crippen LogP contribution in [0.15, 0.2) is 45.9 Å². The highest BCUT2D eigenvalue weighted by Crippen LogP contribution is 2.43. The Balaban J connectivity index is 1.68. The molecule has 2 N–H and O–H groups in total. The summed E-state index contributed by atoms with van der Waals surface area (Å²) in [5.41, 5.74) is 6.96. The van der Waals surface area contributed by atoms with Crippen molar-refractivity contribution in [3.8, 4) is 0 Å². The lowest BCUT2D eigenvalue weighted by atomic mass is 10.1. The fraction of sp³-hybridized carbons (Fsp3) is 0.158. The number of nitrogens with zero attached hydrogens (tertiary/aromatic N) is 1. The molecule has 0 fully saturated rings. The summed E-state index contributed by atoms with van der Waals surface area (Å²) in [7, 11) is 0. The Kier molecular flexibility index (Phi) is 6.37. The second kappa shape index (κ2) is 8.57. The normalized spacial score (nSPS) is 13.7. The predicted molar refractivity (Wildman–Crippen MR) is 117 cm³/mol. The van der Waals surface area contributed by atoms with E-state index in [0.29, 0.717) is 26.5 Å². The molecule has 2 aromatic rings. The predicted octanol–water partition coefficient (Wildman–Crippen LogP) is 6.47. The Labute approximate surface area is 177 Å². The molecule has 0 aliphatic carbocycles. The second-order valence-electron chi connectivity index (χ2n) is 6.02. The van der Waals surface area contributed by atoms with Crippen molar-refractivity contribution in [1.29, 1.82) is 0 Å². The van der Waals surface area contributed by atoms with Crippen molar-refractivity contribution in [3.63, 3.8) is 0 Å². The summed E-state index contributed by atoms with van der Waals surface area (Å²) in [5, 5.41) is 8.34. The van der Waals surface area contributed by atoms with Crippen molar-refractivity contribution in [2.75, 3.05) is 11.1 Å². The molecule has 0 aromatic heterocycles. The van der Waals surface area contributed by atoms with Crippen LogP contribution in [0.5, 0.6) is 0 Å². The van der Waals surface area contributed by atoms with Crippen LogP contribution in [0.3, 0.4) is 0 Å². The molecule has 4 nitrogen and oxygen atoms in total. The molecular formula is C19H16Cl3N3OS. The number of fused-ring (bicyclic) bond motifs is 1. The van der Waals surface area contributed by atoms with Crippen LogP contribution in [0.25, 0.3) is 5.03 Å². The van der Waals surface area contributed by atoms with E-state index >= 15 is 0 Å². The molecule has 0 saturated carbocycles. The van der Waals surface area contributed by atoms with E-state index in [1.165, 1.54) is 6.21 Å². The lowest BCUT2D eigenvalue weighted by molar-refractivity contribution is 0.252. The molecule has 0 unspecified atom stereocenters. The van der Waals surface area contributed by atoms with Gasteiger partial charge in [-0.05, 0) is 49.2 Å². The molecule has 0 saturated heterocycles. The number of benzene rings is 2. The Bertz CT molecular complexity index is 973. The number of nitrogens with one attached hydrogen (secondary N) is 2. The molecule has 0 atom stereocenters. The van der Waals surface area contributed by atoms with Gasteiger partial charge in [-0.2, -0.15) is 5.10 Å². The summed E-state index contributed by atoms with van der Waals surface area (Å²) >= 11 is 20.3. The van der Waals surface area contributed by atoms with Crippen molar-refractivity contribution in [1.82, 2.24) is 5.43 Å². The zero-order valence-electron chi connectivity index (χ0n) is 14.6. The number of carbonyl (C=O) groups excluding carboxylic acids is 1. The average molecular weight is 441 g/mol. The van der Waals surface area contributed by atoms with E-state index in [4.69, 9.17) is 34.8 Å². The van der Waals surface area contributed by atoms with Gasteiger partial charge < -0.3 is 5.32 Å². The number of hydrazone groups is 1. The quantitative estimate of drug-likeness (QED) is 0.424. The van der Waals surface area contributed by atoms with Crippen LogP contribution in [-0.2, 0) is 0 Å². The monoisotopic (exact) mass is 439 g/mol. The van der Waals surface area contributed by atoms with Gasteiger partial charge >= 0.3 is 6.03 Å². The summed E-state index contributed by atoms with van der Waals surface area (Å²) in [6.07, 6.45) is 1.53. The zero-order chi connectivity index (χ0) is 19.6. The maximum absolute atomic E-state index is 12.0. The van der Waals surface area contributed by atoms with Crippen molar-refractivity contribution in [3.05, 3.63) is 62.6 Å². The van der Waals surface area contributed by atoms with E-state index in [2.05, 4.69) is 15.8 Å². The van der Waals surface area contributed by atoms with Crippen LogP contribution < -0.4 is 10.7 Å². The lowest BCUT2D eigenvalue weighted by Crippen LogP contribution is -2.24. The van der Waals surface area contributed by atoms with Gasteiger partial charge in [-0.25, -0.2) is 10.2 Å². The molecule has 27 heavy (non-hydrogen) atoms. The number of hydrogen-bond donors (Lipinski definition) is 2. The van der Waals surface area contributed by atoms with Gasteiger partial charge in [-0.15, -0.1) is 11.8 Å². The number of hydrogen-bond acceptors (Lipinski definition) is 3. The molecule has 1 heterocycles. The fourth-order valence-electron chi connectivity index (χ4n) is 2.50. The maximum atomic E-state index is 12.0. The molecule has 0 bridgehead atoms. The largest absolute Gasteiger partial charge is 0.339 e. The van der Waals surface area contributed by atoms with E-state index < -0.39 is 6.03 Å². The Hall–Kier alpha value is -1.66. The molecule has 140 valence electrons. The van der Waals surface area contributed by atoms with Gasteiger partial charge in [0.1, 0.15) is 0 Å². The highest BCUT2D eigenvalue weighted by molar-refractivity contribution is 7.99. The first-order chi connectivity index (χ1) is 12.8. The Morgan fingerprint density at radius 2 is 1.93 bits per heavy atom. The smallest absolute Gasteiger partial charge is 0.307 e.